The summed E-state index contributed by atoms with van der Waals surface area (Å²) in [6.45, 7) is 8.44. The Hall–Kier alpha value is -0.980. The summed E-state index contributed by atoms with van der Waals surface area (Å²) < 4.78 is 0. The lowest BCUT2D eigenvalue weighted by Gasteiger charge is -2.41. The number of rotatable bonds is 3. The van der Waals surface area contributed by atoms with Crippen LogP contribution in [0.25, 0.3) is 0 Å². The highest BCUT2D eigenvalue weighted by molar-refractivity contribution is 7.13. The van der Waals surface area contributed by atoms with E-state index in [0.717, 1.165) is 28.5 Å². The van der Waals surface area contributed by atoms with E-state index in [1.54, 1.807) is 0 Å². The van der Waals surface area contributed by atoms with Crippen molar-refractivity contribution in [1.29, 1.82) is 0 Å². The maximum absolute atomic E-state index is 12.5. The zero-order chi connectivity index (χ0) is 16.4. The first-order valence-electron chi connectivity index (χ1n) is 8.70. The van der Waals surface area contributed by atoms with Crippen molar-refractivity contribution in [1.82, 2.24) is 20.1 Å². The van der Waals surface area contributed by atoms with Crippen LogP contribution in [-0.4, -0.2) is 66.0 Å². The number of carbonyl (C=O) groups is 1. The third kappa shape index (κ3) is 4.11. The molecule has 5 nitrogen and oxygen atoms in total. The Kier molecular flexibility index (Phi) is 5.34. The molecule has 23 heavy (non-hydrogen) atoms. The summed E-state index contributed by atoms with van der Waals surface area (Å²) in [6, 6.07) is 0.969. The van der Waals surface area contributed by atoms with E-state index in [9.17, 15) is 4.79 Å². The number of nitrogens with zero attached hydrogens (tertiary/aromatic N) is 3. The van der Waals surface area contributed by atoms with Crippen LogP contribution in [0.4, 0.5) is 0 Å². The summed E-state index contributed by atoms with van der Waals surface area (Å²) in [5.41, 5.74) is 0.855. The van der Waals surface area contributed by atoms with Gasteiger partial charge in [-0.2, -0.15) is 0 Å². The van der Waals surface area contributed by atoms with Crippen LogP contribution in [-0.2, 0) is 0 Å². The van der Waals surface area contributed by atoms with Crippen molar-refractivity contribution in [3.63, 3.8) is 0 Å². The predicted octanol–water partition coefficient (Wildman–Crippen LogP) is 2.05. The van der Waals surface area contributed by atoms with Crippen LogP contribution in [0.3, 0.4) is 0 Å². The molecular weight excluding hydrogens is 308 g/mol. The minimum absolute atomic E-state index is 0.0586. The second-order valence-corrected chi connectivity index (χ2v) is 8.19. The number of hydrogen-bond acceptors (Lipinski definition) is 5. The first kappa shape index (κ1) is 16.9. The molecule has 3 heterocycles. The summed E-state index contributed by atoms with van der Waals surface area (Å²) in [5.74, 6) is 0.0586. The number of aryl methyl sites for hydroxylation is 2. The number of nitrogens with one attached hydrogen (secondary N) is 1. The highest BCUT2D eigenvalue weighted by Crippen LogP contribution is 2.22. The Bertz CT molecular complexity index is 551. The summed E-state index contributed by atoms with van der Waals surface area (Å²) in [5, 5.41) is 4.21. The van der Waals surface area contributed by atoms with Gasteiger partial charge >= 0.3 is 0 Å². The molecule has 1 aromatic rings. The van der Waals surface area contributed by atoms with Crippen molar-refractivity contribution in [2.45, 2.75) is 51.6 Å². The van der Waals surface area contributed by atoms with Crippen LogP contribution < -0.4 is 5.32 Å². The Labute approximate surface area is 143 Å². The molecule has 0 aromatic carbocycles. The molecule has 2 fully saturated rings. The fourth-order valence-electron chi connectivity index (χ4n) is 3.81. The summed E-state index contributed by atoms with van der Waals surface area (Å²) in [4.78, 5) is 22.7. The third-order valence-corrected chi connectivity index (χ3v) is 6.17. The SMILES string of the molecule is Cc1nc(C)c(C(=O)NC2CCCN(C3CCN(C)CC3)C2)s1. The fourth-order valence-corrected chi connectivity index (χ4v) is 4.63. The van der Waals surface area contributed by atoms with Crippen LogP contribution in [0.2, 0.25) is 0 Å². The van der Waals surface area contributed by atoms with E-state index in [4.69, 9.17) is 0 Å². The summed E-state index contributed by atoms with van der Waals surface area (Å²) in [7, 11) is 2.20. The van der Waals surface area contributed by atoms with Gasteiger partial charge in [-0.15, -0.1) is 11.3 Å². The van der Waals surface area contributed by atoms with E-state index in [0.29, 0.717) is 6.04 Å². The van der Waals surface area contributed by atoms with Gasteiger partial charge in [-0.25, -0.2) is 4.98 Å². The molecule has 1 amide bonds. The van der Waals surface area contributed by atoms with Gasteiger partial charge in [0.05, 0.1) is 10.7 Å². The quantitative estimate of drug-likeness (QED) is 0.918. The van der Waals surface area contributed by atoms with Gasteiger partial charge in [-0.3, -0.25) is 9.69 Å². The molecular formula is C17H28N4OS. The van der Waals surface area contributed by atoms with Gasteiger partial charge in [0.25, 0.3) is 5.91 Å². The van der Waals surface area contributed by atoms with E-state index in [2.05, 4.69) is 27.1 Å². The topological polar surface area (TPSA) is 48.5 Å². The smallest absolute Gasteiger partial charge is 0.263 e. The van der Waals surface area contributed by atoms with Crippen molar-refractivity contribution in [2.75, 3.05) is 33.2 Å². The van der Waals surface area contributed by atoms with Gasteiger partial charge < -0.3 is 10.2 Å². The normalized spacial score (nSPS) is 24.7. The molecule has 0 saturated carbocycles. The number of carbonyl (C=O) groups excluding carboxylic acids is 1. The van der Waals surface area contributed by atoms with E-state index in [1.807, 2.05) is 13.8 Å². The highest BCUT2D eigenvalue weighted by atomic mass is 32.1. The number of hydrogen-bond donors (Lipinski definition) is 1. The van der Waals surface area contributed by atoms with Crippen molar-refractivity contribution >= 4 is 17.2 Å². The molecule has 1 aromatic heterocycles. The van der Waals surface area contributed by atoms with E-state index < -0.39 is 0 Å². The van der Waals surface area contributed by atoms with Crippen molar-refractivity contribution in [3.8, 4) is 0 Å². The van der Waals surface area contributed by atoms with E-state index in [1.165, 1.54) is 50.2 Å². The standard InChI is InChI=1S/C17H28N4OS/c1-12-16(23-13(2)18-12)17(22)19-14-5-4-8-21(11-14)15-6-9-20(3)10-7-15/h14-15H,4-11H2,1-3H3,(H,19,22). The average Bonchev–Trinajstić information content (AvgIpc) is 2.87. The Balaban J connectivity index is 1.56. The molecule has 0 radical (unpaired) electrons. The zero-order valence-electron chi connectivity index (χ0n) is 14.5. The molecule has 2 aliphatic rings. The number of piperidine rings is 2. The van der Waals surface area contributed by atoms with Gasteiger partial charge in [0.15, 0.2) is 0 Å². The molecule has 1 unspecified atom stereocenters. The fraction of sp³-hybridized carbons (Fsp3) is 0.765. The maximum atomic E-state index is 12.5. The first-order valence-corrected chi connectivity index (χ1v) is 9.52. The minimum Gasteiger partial charge on any atom is -0.347 e. The highest BCUT2D eigenvalue weighted by Gasteiger charge is 2.29. The molecule has 2 saturated heterocycles. The number of amides is 1. The molecule has 1 N–H and O–H groups in total. The number of aromatic nitrogens is 1. The Morgan fingerprint density at radius 2 is 1.96 bits per heavy atom. The van der Waals surface area contributed by atoms with Crippen LogP contribution >= 0.6 is 11.3 Å². The monoisotopic (exact) mass is 336 g/mol. The van der Waals surface area contributed by atoms with Crippen molar-refractivity contribution < 1.29 is 4.79 Å². The van der Waals surface area contributed by atoms with Gasteiger partial charge in [-0.05, 0) is 66.2 Å². The summed E-state index contributed by atoms with van der Waals surface area (Å²) in [6.07, 6.45) is 4.78. The van der Waals surface area contributed by atoms with Gasteiger partial charge in [-0.1, -0.05) is 0 Å². The predicted molar refractivity (Wildman–Crippen MR) is 94.2 cm³/mol. The van der Waals surface area contributed by atoms with Crippen molar-refractivity contribution in [2.24, 2.45) is 0 Å². The lowest BCUT2D eigenvalue weighted by molar-refractivity contribution is 0.0768. The van der Waals surface area contributed by atoms with Gasteiger partial charge in [0.1, 0.15) is 4.88 Å². The molecule has 1 atom stereocenters. The molecule has 0 bridgehead atoms. The van der Waals surface area contributed by atoms with E-state index >= 15 is 0 Å². The maximum Gasteiger partial charge on any atom is 0.263 e. The minimum atomic E-state index is 0.0586. The Morgan fingerprint density at radius 3 is 2.61 bits per heavy atom. The third-order valence-electron chi connectivity index (χ3n) is 5.10. The average molecular weight is 337 g/mol. The van der Waals surface area contributed by atoms with Crippen molar-refractivity contribution in [3.05, 3.63) is 15.6 Å². The number of likely N-dealkylation sites (tertiary alicyclic amines) is 2. The van der Waals surface area contributed by atoms with Gasteiger partial charge in [0.2, 0.25) is 0 Å². The molecule has 6 heteroatoms. The second-order valence-electron chi connectivity index (χ2n) is 6.99. The molecule has 128 valence electrons. The van der Waals surface area contributed by atoms with Crippen LogP contribution in [0.1, 0.15) is 46.1 Å². The van der Waals surface area contributed by atoms with E-state index in [-0.39, 0.29) is 11.9 Å². The summed E-state index contributed by atoms with van der Waals surface area (Å²) >= 11 is 1.50. The molecule has 0 spiro atoms. The lowest BCUT2D eigenvalue weighted by atomic mass is 9.98. The zero-order valence-corrected chi connectivity index (χ0v) is 15.3. The van der Waals surface area contributed by atoms with Crippen LogP contribution in [0.15, 0.2) is 0 Å². The molecule has 3 rings (SSSR count). The largest absolute Gasteiger partial charge is 0.347 e. The lowest BCUT2D eigenvalue weighted by Crippen LogP contribution is -2.53. The van der Waals surface area contributed by atoms with Crippen LogP contribution in [0, 0.1) is 13.8 Å². The second kappa shape index (κ2) is 7.28. The first-order chi connectivity index (χ1) is 11.0. The van der Waals surface area contributed by atoms with Gasteiger partial charge in [0, 0.05) is 18.6 Å². The molecule has 0 aliphatic carbocycles. The van der Waals surface area contributed by atoms with Crippen LogP contribution in [0.5, 0.6) is 0 Å². The number of thiazole rings is 1. The Morgan fingerprint density at radius 1 is 1.22 bits per heavy atom. The molecule has 2 aliphatic heterocycles.